The Labute approximate surface area is 147 Å². The highest BCUT2D eigenvalue weighted by atomic mass is 32.1. The number of hydrogen-bond donors (Lipinski definition) is 0. The van der Waals surface area contributed by atoms with Crippen molar-refractivity contribution in [3.8, 4) is 0 Å². The Balaban J connectivity index is 1.63. The number of hydrogen-bond acceptors (Lipinski definition) is 7. The van der Waals surface area contributed by atoms with Crippen molar-refractivity contribution in [2.45, 2.75) is 32.3 Å². The second-order valence-corrected chi connectivity index (χ2v) is 7.06. The summed E-state index contributed by atoms with van der Waals surface area (Å²) in [5.41, 5.74) is 0.836. The first-order chi connectivity index (χ1) is 11.8. The van der Waals surface area contributed by atoms with Gasteiger partial charge in [-0.25, -0.2) is 0 Å². The molecule has 2 fully saturated rings. The number of amides is 1. The Morgan fingerprint density at radius 2 is 2.12 bits per heavy atom. The maximum absolute atomic E-state index is 12.9. The van der Waals surface area contributed by atoms with Crippen molar-refractivity contribution >= 4 is 17.4 Å². The summed E-state index contributed by atoms with van der Waals surface area (Å²) < 4.78 is 15.4. The smallest absolute Gasteiger partial charge is 0.267 e. The molecule has 0 spiro atoms. The third kappa shape index (κ3) is 4.50. The van der Waals surface area contributed by atoms with Gasteiger partial charge in [-0.05, 0) is 24.4 Å². The fraction of sp³-hybridized carbons (Fsp3) is 0.812. The van der Waals surface area contributed by atoms with Crippen LogP contribution in [0.4, 0.5) is 0 Å². The Kier molecular flexibility index (Phi) is 6.53. The summed E-state index contributed by atoms with van der Waals surface area (Å²) in [6.45, 7) is 8.47. The third-order valence-electron chi connectivity index (χ3n) is 4.44. The molecule has 0 saturated carbocycles. The largest absolute Gasteiger partial charge is 0.379 e. The van der Waals surface area contributed by atoms with Gasteiger partial charge in [0, 0.05) is 39.3 Å². The van der Waals surface area contributed by atoms with Gasteiger partial charge in [-0.1, -0.05) is 17.8 Å². The van der Waals surface area contributed by atoms with Crippen molar-refractivity contribution in [2.24, 2.45) is 0 Å². The van der Waals surface area contributed by atoms with Crippen molar-refractivity contribution in [3.05, 3.63) is 10.6 Å². The first-order valence-corrected chi connectivity index (χ1v) is 9.57. The molecule has 24 heavy (non-hydrogen) atoms. The third-order valence-corrected chi connectivity index (χ3v) is 5.20. The van der Waals surface area contributed by atoms with Crippen LogP contribution in [0.3, 0.4) is 0 Å². The van der Waals surface area contributed by atoms with Crippen molar-refractivity contribution in [1.82, 2.24) is 19.4 Å². The average molecular weight is 354 g/mol. The molecule has 2 aliphatic heterocycles. The Bertz CT molecular complexity index is 533. The van der Waals surface area contributed by atoms with E-state index in [2.05, 4.69) is 21.4 Å². The predicted molar refractivity (Wildman–Crippen MR) is 91.4 cm³/mol. The van der Waals surface area contributed by atoms with Gasteiger partial charge in [-0.15, -0.1) is 5.10 Å². The second-order valence-electron chi connectivity index (χ2n) is 6.31. The van der Waals surface area contributed by atoms with Gasteiger partial charge in [0.1, 0.15) is 4.88 Å². The number of aryl methyl sites for hydroxylation is 1. The van der Waals surface area contributed by atoms with Crippen LogP contribution in [0.1, 0.15) is 35.1 Å². The molecular weight excluding hydrogens is 328 g/mol. The zero-order valence-corrected chi connectivity index (χ0v) is 15.1. The topological polar surface area (TPSA) is 67.8 Å². The Morgan fingerprint density at radius 3 is 2.92 bits per heavy atom. The minimum atomic E-state index is 0.0602. The fourth-order valence-electron chi connectivity index (χ4n) is 3.18. The van der Waals surface area contributed by atoms with Gasteiger partial charge in [-0.3, -0.25) is 9.69 Å². The number of ether oxygens (including phenoxy) is 2. The monoisotopic (exact) mass is 354 g/mol. The van der Waals surface area contributed by atoms with E-state index >= 15 is 0 Å². The molecule has 0 bridgehead atoms. The first kappa shape index (κ1) is 17.7. The number of aromatic nitrogens is 2. The van der Waals surface area contributed by atoms with Crippen LogP contribution in [-0.2, 0) is 15.9 Å². The summed E-state index contributed by atoms with van der Waals surface area (Å²) in [5.74, 6) is 0.0610. The summed E-state index contributed by atoms with van der Waals surface area (Å²) in [7, 11) is 0. The lowest BCUT2D eigenvalue weighted by Crippen LogP contribution is -2.45. The van der Waals surface area contributed by atoms with Crippen LogP contribution < -0.4 is 0 Å². The highest BCUT2D eigenvalue weighted by Crippen LogP contribution is 2.18. The van der Waals surface area contributed by atoms with E-state index in [4.69, 9.17) is 9.47 Å². The SMILES string of the molecule is CCCc1nnsc1C(=O)N1CCCO[C@H](CN2CCOCC2)C1. The van der Waals surface area contributed by atoms with Crippen LogP contribution in [0.5, 0.6) is 0 Å². The fourth-order valence-corrected chi connectivity index (χ4v) is 3.85. The van der Waals surface area contributed by atoms with E-state index in [9.17, 15) is 4.79 Å². The van der Waals surface area contributed by atoms with E-state index < -0.39 is 0 Å². The van der Waals surface area contributed by atoms with Crippen molar-refractivity contribution in [1.29, 1.82) is 0 Å². The molecule has 0 aromatic carbocycles. The number of rotatable bonds is 5. The molecular formula is C16H26N4O3S. The molecule has 1 aromatic rings. The standard InChI is InChI=1S/C16H26N4O3S/c1-2-4-14-15(24-18-17-14)16(21)20-5-3-8-23-13(12-20)11-19-6-9-22-10-7-19/h13H,2-12H2,1H3/t13-/m1/s1. The maximum Gasteiger partial charge on any atom is 0.267 e. The normalized spacial score (nSPS) is 23.2. The highest BCUT2D eigenvalue weighted by molar-refractivity contribution is 7.08. The molecule has 2 aliphatic rings. The zero-order chi connectivity index (χ0) is 16.8. The highest BCUT2D eigenvalue weighted by Gasteiger charge is 2.28. The molecule has 1 aromatic heterocycles. The lowest BCUT2D eigenvalue weighted by Gasteiger charge is -2.31. The zero-order valence-electron chi connectivity index (χ0n) is 14.3. The van der Waals surface area contributed by atoms with Gasteiger partial charge in [0.15, 0.2) is 0 Å². The summed E-state index contributed by atoms with van der Waals surface area (Å²) in [6, 6.07) is 0. The second kappa shape index (κ2) is 8.84. The molecule has 2 saturated heterocycles. The van der Waals surface area contributed by atoms with Gasteiger partial charge in [-0.2, -0.15) is 0 Å². The molecule has 1 atom stereocenters. The predicted octanol–water partition coefficient (Wildman–Crippen LogP) is 1.05. The lowest BCUT2D eigenvalue weighted by atomic mass is 10.2. The molecule has 0 N–H and O–H groups in total. The summed E-state index contributed by atoms with van der Waals surface area (Å²) in [6.07, 6.45) is 2.71. The van der Waals surface area contributed by atoms with Crippen molar-refractivity contribution in [3.63, 3.8) is 0 Å². The van der Waals surface area contributed by atoms with E-state index in [0.717, 1.165) is 64.3 Å². The quantitative estimate of drug-likeness (QED) is 0.787. The summed E-state index contributed by atoms with van der Waals surface area (Å²) >= 11 is 1.21. The number of carbonyl (C=O) groups is 1. The van der Waals surface area contributed by atoms with E-state index in [-0.39, 0.29) is 12.0 Å². The Hall–Kier alpha value is -1.09. The minimum absolute atomic E-state index is 0.0602. The van der Waals surface area contributed by atoms with E-state index in [1.165, 1.54) is 11.5 Å². The van der Waals surface area contributed by atoms with Crippen LogP contribution >= 0.6 is 11.5 Å². The van der Waals surface area contributed by atoms with Crippen LogP contribution in [0.25, 0.3) is 0 Å². The number of carbonyl (C=O) groups excluding carboxylic acids is 1. The summed E-state index contributed by atoms with van der Waals surface area (Å²) in [5, 5.41) is 4.13. The van der Waals surface area contributed by atoms with Gasteiger partial charge in [0.2, 0.25) is 0 Å². The Morgan fingerprint density at radius 1 is 1.29 bits per heavy atom. The average Bonchev–Trinajstić information content (AvgIpc) is 2.93. The van der Waals surface area contributed by atoms with Gasteiger partial charge in [0.05, 0.1) is 25.0 Å². The van der Waals surface area contributed by atoms with E-state index in [1.54, 1.807) is 0 Å². The molecule has 1 amide bonds. The van der Waals surface area contributed by atoms with E-state index in [1.807, 2.05) is 4.90 Å². The lowest BCUT2D eigenvalue weighted by molar-refractivity contribution is -0.0112. The van der Waals surface area contributed by atoms with Crippen LogP contribution in [0.2, 0.25) is 0 Å². The number of morpholine rings is 1. The van der Waals surface area contributed by atoms with Gasteiger partial charge >= 0.3 is 0 Å². The summed E-state index contributed by atoms with van der Waals surface area (Å²) in [4.78, 5) is 17.9. The maximum atomic E-state index is 12.9. The van der Waals surface area contributed by atoms with Gasteiger partial charge < -0.3 is 14.4 Å². The molecule has 0 aliphatic carbocycles. The van der Waals surface area contributed by atoms with Crippen LogP contribution in [-0.4, -0.2) is 83.9 Å². The van der Waals surface area contributed by atoms with Gasteiger partial charge in [0.25, 0.3) is 5.91 Å². The van der Waals surface area contributed by atoms with Crippen molar-refractivity contribution in [2.75, 3.05) is 52.5 Å². The number of nitrogens with zero attached hydrogens (tertiary/aromatic N) is 4. The van der Waals surface area contributed by atoms with E-state index in [0.29, 0.717) is 18.0 Å². The molecule has 7 nitrogen and oxygen atoms in total. The molecule has 3 rings (SSSR count). The molecule has 3 heterocycles. The molecule has 8 heteroatoms. The van der Waals surface area contributed by atoms with Crippen molar-refractivity contribution < 1.29 is 14.3 Å². The molecule has 0 unspecified atom stereocenters. The minimum Gasteiger partial charge on any atom is -0.379 e. The van der Waals surface area contributed by atoms with Crippen LogP contribution in [0, 0.1) is 0 Å². The first-order valence-electron chi connectivity index (χ1n) is 8.80. The molecule has 134 valence electrons. The van der Waals surface area contributed by atoms with Crippen LogP contribution in [0.15, 0.2) is 0 Å². The molecule has 0 radical (unpaired) electrons.